The van der Waals surface area contributed by atoms with Crippen molar-refractivity contribution in [2.45, 2.75) is 6.54 Å². The molecule has 1 N–H and O–H groups in total. The first kappa shape index (κ1) is 11.5. The Hall–Kier alpha value is -2.62. The molecular formula is C15H12N2O2. The predicted octanol–water partition coefficient (Wildman–Crippen LogP) is 2.80. The quantitative estimate of drug-likeness (QED) is 0.728. The lowest BCUT2D eigenvalue weighted by Gasteiger charge is -2.08. The van der Waals surface area contributed by atoms with E-state index < -0.39 is 0 Å². The third kappa shape index (κ3) is 2.47. The molecule has 0 amide bonds. The molecule has 3 aromatic rings. The van der Waals surface area contributed by atoms with Gasteiger partial charge in [0, 0.05) is 30.4 Å². The topological polar surface area (TPSA) is 55.1 Å². The minimum absolute atomic E-state index is 0.351. The van der Waals surface area contributed by atoms with Crippen molar-refractivity contribution in [3.05, 3.63) is 70.8 Å². The second kappa shape index (κ2) is 4.94. The largest absolute Gasteiger partial charge is 0.423 e. The second-order valence-corrected chi connectivity index (χ2v) is 4.18. The van der Waals surface area contributed by atoms with Crippen LogP contribution in [0, 0.1) is 0 Å². The van der Waals surface area contributed by atoms with Gasteiger partial charge in [-0.2, -0.15) is 0 Å². The van der Waals surface area contributed by atoms with Gasteiger partial charge in [0.05, 0.1) is 5.69 Å². The summed E-state index contributed by atoms with van der Waals surface area (Å²) in [4.78, 5) is 15.5. The SMILES string of the molecule is O=c1cc(NCc2ccncc2)c2ccccc2o1. The van der Waals surface area contributed by atoms with Gasteiger partial charge in [0.2, 0.25) is 0 Å². The predicted molar refractivity (Wildman–Crippen MR) is 74.0 cm³/mol. The average molecular weight is 252 g/mol. The number of pyridine rings is 1. The maximum Gasteiger partial charge on any atom is 0.338 e. The number of aromatic nitrogens is 1. The van der Waals surface area contributed by atoms with E-state index in [2.05, 4.69) is 10.3 Å². The van der Waals surface area contributed by atoms with Gasteiger partial charge in [0.15, 0.2) is 0 Å². The number of nitrogens with one attached hydrogen (secondary N) is 1. The monoisotopic (exact) mass is 252 g/mol. The molecule has 0 bridgehead atoms. The maximum absolute atomic E-state index is 11.5. The highest BCUT2D eigenvalue weighted by molar-refractivity contribution is 5.89. The Balaban J connectivity index is 1.94. The Labute approximate surface area is 109 Å². The molecule has 3 rings (SSSR count). The highest BCUT2D eigenvalue weighted by Gasteiger charge is 2.04. The lowest BCUT2D eigenvalue weighted by atomic mass is 10.2. The minimum atomic E-state index is -0.351. The van der Waals surface area contributed by atoms with Gasteiger partial charge in [-0.15, -0.1) is 0 Å². The third-order valence-corrected chi connectivity index (χ3v) is 2.88. The van der Waals surface area contributed by atoms with E-state index in [1.807, 2.05) is 30.3 Å². The summed E-state index contributed by atoms with van der Waals surface area (Å²) in [5.74, 6) is 0. The molecular weight excluding hydrogens is 240 g/mol. The molecule has 0 atom stereocenters. The Kier molecular flexibility index (Phi) is 2.98. The number of hydrogen-bond acceptors (Lipinski definition) is 4. The average Bonchev–Trinajstić information content (AvgIpc) is 2.45. The zero-order chi connectivity index (χ0) is 13.1. The van der Waals surface area contributed by atoms with E-state index in [-0.39, 0.29) is 5.63 Å². The van der Waals surface area contributed by atoms with Gasteiger partial charge >= 0.3 is 5.63 Å². The first-order valence-corrected chi connectivity index (χ1v) is 5.98. The van der Waals surface area contributed by atoms with Crippen molar-refractivity contribution in [2.24, 2.45) is 0 Å². The Morgan fingerprint density at radius 2 is 1.89 bits per heavy atom. The van der Waals surface area contributed by atoms with Crippen molar-refractivity contribution in [3.8, 4) is 0 Å². The molecule has 0 fully saturated rings. The van der Waals surface area contributed by atoms with Crippen LogP contribution in [0.4, 0.5) is 5.69 Å². The Bertz CT molecular complexity index is 751. The first-order valence-electron chi connectivity index (χ1n) is 5.98. The highest BCUT2D eigenvalue weighted by atomic mass is 16.4. The number of fused-ring (bicyclic) bond motifs is 1. The molecule has 0 aliphatic carbocycles. The smallest absolute Gasteiger partial charge is 0.338 e. The number of hydrogen-bond donors (Lipinski definition) is 1. The van der Waals surface area contributed by atoms with E-state index in [0.29, 0.717) is 12.1 Å². The number of nitrogens with zero attached hydrogens (tertiary/aromatic N) is 1. The molecule has 0 aliphatic heterocycles. The van der Waals surface area contributed by atoms with Crippen molar-refractivity contribution in [3.63, 3.8) is 0 Å². The zero-order valence-corrected chi connectivity index (χ0v) is 10.2. The van der Waals surface area contributed by atoms with E-state index in [4.69, 9.17) is 4.42 Å². The van der Waals surface area contributed by atoms with Gasteiger partial charge < -0.3 is 9.73 Å². The molecule has 94 valence electrons. The van der Waals surface area contributed by atoms with Crippen LogP contribution in [0.2, 0.25) is 0 Å². The van der Waals surface area contributed by atoms with Crippen molar-refractivity contribution < 1.29 is 4.42 Å². The summed E-state index contributed by atoms with van der Waals surface area (Å²) in [5, 5.41) is 4.16. The maximum atomic E-state index is 11.5. The Morgan fingerprint density at radius 1 is 1.11 bits per heavy atom. The molecule has 1 aromatic carbocycles. The molecule has 0 aliphatic rings. The van der Waals surface area contributed by atoms with Gasteiger partial charge in [-0.1, -0.05) is 12.1 Å². The fraction of sp³-hybridized carbons (Fsp3) is 0.0667. The molecule has 2 aromatic heterocycles. The third-order valence-electron chi connectivity index (χ3n) is 2.88. The fourth-order valence-corrected chi connectivity index (χ4v) is 1.96. The van der Waals surface area contributed by atoms with Crippen LogP contribution < -0.4 is 10.9 Å². The number of rotatable bonds is 3. The number of anilines is 1. The van der Waals surface area contributed by atoms with Crippen molar-refractivity contribution in [2.75, 3.05) is 5.32 Å². The van der Waals surface area contributed by atoms with Crippen molar-refractivity contribution in [1.82, 2.24) is 4.98 Å². The summed E-state index contributed by atoms with van der Waals surface area (Å²) in [6, 6.07) is 12.8. The molecule has 0 radical (unpaired) electrons. The fourth-order valence-electron chi connectivity index (χ4n) is 1.96. The van der Waals surface area contributed by atoms with Crippen molar-refractivity contribution >= 4 is 16.7 Å². The van der Waals surface area contributed by atoms with E-state index in [1.54, 1.807) is 18.5 Å². The lowest BCUT2D eigenvalue weighted by Crippen LogP contribution is -2.04. The molecule has 0 unspecified atom stereocenters. The summed E-state index contributed by atoms with van der Waals surface area (Å²) in [5.41, 5.74) is 2.12. The van der Waals surface area contributed by atoms with Crippen LogP contribution in [0.25, 0.3) is 11.0 Å². The normalized spacial score (nSPS) is 10.5. The summed E-state index contributed by atoms with van der Waals surface area (Å²) >= 11 is 0. The summed E-state index contributed by atoms with van der Waals surface area (Å²) in [7, 11) is 0. The second-order valence-electron chi connectivity index (χ2n) is 4.18. The molecule has 19 heavy (non-hydrogen) atoms. The lowest BCUT2D eigenvalue weighted by molar-refractivity contribution is 0.561. The first-order chi connectivity index (χ1) is 9.33. The van der Waals surface area contributed by atoms with Gasteiger partial charge in [0.1, 0.15) is 5.58 Å². The summed E-state index contributed by atoms with van der Waals surface area (Å²) < 4.78 is 5.15. The molecule has 0 saturated heterocycles. The van der Waals surface area contributed by atoms with E-state index in [9.17, 15) is 4.79 Å². The van der Waals surface area contributed by atoms with E-state index in [0.717, 1.165) is 16.6 Å². The van der Waals surface area contributed by atoms with Crippen LogP contribution in [0.3, 0.4) is 0 Å². The van der Waals surface area contributed by atoms with Crippen LogP contribution in [-0.2, 0) is 6.54 Å². The van der Waals surface area contributed by atoms with Crippen LogP contribution in [0.15, 0.2) is 64.1 Å². The molecule has 4 nitrogen and oxygen atoms in total. The summed E-state index contributed by atoms with van der Waals surface area (Å²) in [6.45, 7) is 0.635. The van der Waals surface area contributed by atoms with E-state index in [1.165, 1.54) is 6.07 Å². The number of para-hydroxylation sites is 1. The van der Waals surface area contributed by atoms with Gasteiger partial charge in [0.25, 0.3) is 0 Å². The Morgan fingerprint density at radius 3 is 2.74 bits per heavy atom. The van der Waals surface area contributed by atoms with Crippen molar-refractivity contribution in [1.29, 1.82) is 0 Å². The molecule has 2 heterocycles. The van der Waals surface area contributed by atoms with Crippen LogP contribution in [0.1, 0.15) is 5.56 Å². The van der Waals surface area contributed by atoms with Crippen LogP contribution in [-0.4, -0.2) is 4.98 Å². The molecule has 4 heteroatoms. The molecule has 0 spiro atoms. The summed E-state index contributed by atoms with van der Waals surface area (Å²) in [6.07, 6.45) is 3.49. The van der Waals surface area contributed by atoms with Crippen LogP contribution >= 0.6 is 0 Å². The minimum Gasteiger partial charge on any atom is -0.423 e. The van der Waals surface area contributed by atoms with E-state index >= 15 is 0 Å². The number of benzene rings is 1. The standard InChI is InChI=1S/C15H12N2O2/c18-15-9-13(12-3-1-2-4-14(12)19-15)17-10-11-5-7-16-8-6-11/h1-9,17H,10H2. The van der Waals surface area contributed by atoms with Gasteiger partial charge in [-0.3, -0.25) is 4.98 Å². The van der Waals surface area contributed by atoms with Gasteiger partial charge in [-0.05, 0) is 29.8 Å². The van der Waals surface area contributed by atoms with Gasteiger partial charge in [-0.25, -0.2) is 4.79 Å². The molecule has 0 saturated carbocycles. The highest BCUT2D eigenvalue weighted by Crippen LogP contribution is 2.21. The van der Waals surface area contributed by atoms with Crippen LogP contribution in [0.5, 0.6) is 0 Å². The zero-order valence-electron chi connectivity index (χ0n) is 10.2.